The minimum Gasteiger partial charge on any atom is -0.496 e. The Kier molecular flexibility index (Phi) is 5.89. The van der Waals surface area contributed by atoms with Gasteiger partial charge in [0.25, 0.3) is 0 Å². The number of methoxy groups -OCH3 is 1. The first kappa shape index (κ1) is 16.6. The van der Waals surface area contributed by atoms with Gasteiger partial charge >= 0.3 is 0 Å². The maximum atomic E-state index is 5.40. The Morgan fingerprint density at radius 3 is 2.50 bits per heavy atom. The lowest BCUT2D eigenvalue weighted by molar-refractivity contribution is 0.130. The van der Waals surface area contributed by atoms with Crippen molar-refractivity contribution in [2.75, 3.05) is 7.11 Å². The molecule has 3 heteroatoms. The van der Waals surface area contributed by atoms with Crippen LogP contribution in [0.1, 0.15) is 54.7 Å². The average Bonchev–Trinajstić information content (AvgIpc) is 2.67. The molecule has 0 N–H and O–H groups in total. The second kappa shape index (κ2) is 8.53. The zero-order valence-corrected chi connectivity index (χ0v) is 14.3. The van der Waals surface area contributed by atoms with Gasteiger partial charge in [-0.05, 0) is 36.0 Å². The second-order valence-electron chi connectivity index (χ2n) is 6.32. The maximum absolute atomic E-state index is 5.40. The minimum absolute atomic E-state index is 0.403. The molecule has 1 saturated carbocycles. The van der Waals surface area contributed by atoms with Crippen molar-refractivity contribution in [1.82, 2.24) is 0 Å². The summed E-state index contributed by atoms with van der Waals surface area (Å²) in [4.78, 5) is 5.40. The van der Waals surface area contributed by atoms with E-state index in [1.807, 2.05) is 24.3 Å². The topological polar surface area (TPSA) is 30.8 Å². The van der Waals surface area contributed by atoms with Crippen molar-refractivity contribution >= 4 is 6.21 Å². The van der Waals surface area contributed by atoms with Gasteiger partial charge in [0.05, 0.1) is 13.3 Å². The molecular formula is C21H25NO2. The van der Waals surface area contributed by atoms with E-state index in [9.17, 15) is 0 Å². The summed E-state index contributed by atoms with van der Waals surface area (Å²) in [5.74, 6) is 1.57. The van der Waals surface area contributed by atoms with Crippen molar-refractivity contribution in [2.24, 2.45) is 5.16 Å². The molecule has 2 aromatic carbocycles. The molecule has 0 bridgehead atoms. The van der Waals surface area contributed by atoms with Crippen LogP contribution in [0.25, 0.3) is 0 Å². The highest BCUT2D eigenvalue weighted by atomic mass is 16.6. The third kappa shape index (κ3) is 4.38. The van der Waals surface area contributed by atoms with Gasteiger partial charge in [0.15, 0.2) is 0 Å². The predicted octanol–water partition coefficient (Wildman–Crippen LogP) is 5.29. The van der Waals surface area contributed by atoms with Crippen LogP contribution in [0, 0.1) is 0 Å². The normalized spacial score (nSPS) is 15.5. The summed E-state index contributed by atoms with van der Waals surface area (Å²) < 4.78 is 5.30. The van der Waals surface area contributed by atoms with Crippen LogP contribution in [0.5, 0.6) is 5.75 Å². The van der Waals surface area contributed by atoms with E-state index < -0.39 is 0 Å². The Morgan fingerprint density at radius 2 is 1.75 bits per heavy atom. The smallest absolute Gasteiger partial charge is 0.145 e. The Hall–Kier alpha value is -2.29. The molecule has 126 valence electrons. The summed E-state index contributed by atoms with van der Waals surface area (Å²) in [6, 6.07) is 16.5. The summed E-state index contributed by atoms with van der Waals surface area (Å²) in [5, 5.41) is 4.07. The summed E-state index contributed by atoms with van der Waals surface area (Å²) >= 11 is 0. The molecule has 2 aromatic rings. The largest absolute Gasteiger partial charge is 0.496 e. The number of benzene rings is 2. The molecule has 24 heavy (non-hydrogen) atoms. The highest BCUT2D eigenvalue weighted by Gasteiger charge is 2.14. The van der Waals surface area contributed by atoms with Crippen LogP contribution in [0.15, 0.2) is 53.7 Å². The number of hydrogen-bond donors (Lipinski definition) is 0. The fourth-order valence-corrected chi connectivity index (χ4v) is 3.32. The molecule has 3 nitrogen and oxygen atoms in total. The molecule has 1 aliphatic carbocycles. The van der Waals surface area contributed by atoms with E-state index in [1.54, 1.807) is 13.3 Å². The van der Waals surface area contributed by atoms with Crippen LogP contribution in [0.2, 0.25) is 0 Å². The van der Waals surface area contributed by atoms with Crippen molar-refractivity contribution in [2.45, 2.75) is 44.6 Å². The van der Waals surface area contributed by atoms with E-state index in [0.29, 0.717) is 6.61 Å². The van der Waals surface area contributed by atoms with Gasteiger partial charge < -0.3 is 9.57 Å². The van der Waals surface area contributed by atoms with Gasteiger partial charge in [-0.15, -0.1) is 0 Å². The van der Waals surface area contributed by atoms with Crippen LogP contribution in [0.4, 0.5) is 0 Å². The third-order valence-electron chi connectivity index (χ3n) is 4.70. The highest BCUT2D eigenvalue weighted by molar-refractivity contribution is 5.79. The molecule has 0 radical (unpaired) electrons. The van der Waals surface area contributed by atoms with Gasteiger partial charge in [-0.2, -0.15) is 0 Å². The summed E-state index contributed by atoms with van der Waals surface area (Å²) in [6.45, 7) is 0.403. The molecule has 0 amide bonds. The third-order valence-corrected chi connectivity index (χ3v) is 4.70. The van der Waals surface area contributed by atoms with E-state index in [1.165, 1.54) is 37.7 Å². The summed E-state index contributed by atoms with van der Waals surface area (Å²) in [5.41, 5.74) is 3.51. The van der Waals surface area contributed by atoms with E-state index >= 15 is 0 Å². The molecule has 0 heterocycles. The summed E-state index contributed by atoms with van der Waals surface area (Å²) in [6.07, 6.45) is 8.55. The van der Waals surface area contributed by atoms with Gasteiger partial charge in [-0.25, -0.2) is 0 Å². The standard InChI is InChI=1S/C21H25NO2/c1-23-21-10-6-5-9-20(21)16-24-22-15-17-11-13-19(14-12-17)18-7-3-2-4-8-18/h5-6,9-15,18H,2-4,7-8,16H2,1H3. The van der Waals surface area contributed by atoms with Crippen molar-refractivity contribution < 1.29 is 9.57 Å². The fourth-order valence-electron chi connectivity index (χ4n) is 3.32. The van der Waals surface area contributed by atoms with Crippen LogP contribution >= 0.6 is 0 Å². The molecule has 1 fully saturated rings. The summed E-state index contributed by atoms with van der Waals surface area (Å²) in [7, 11) is 1.66. The van der Waals surface area contributed by atoms with Crippen LogP contribution in [-0.4, -0.2) is 13.3 Å². The molecular weight excluding hydrogens is 298 g/mol. The van der Waals surface area contributed by atoms with Crippen molar-refractivity contribution in [3.05, 3.63) is 65.2 Å². The number of oxime groups is 1. The van der Waals surface area contributed by atoms with Crippen molar-refractivity contribution in [3.8, 4) is 5.75 Å². The lowest BCUT2D eigenvalue weighted by Gasteiger charge is -2.21. The number of nitrogens with zero attached hydrogens (tertiary/aromatic N) is 1. The maximum Gasteiger partial charge on any atom is 0.145 e. The van der Waals surface area contributed by atoms with Gasteiger partial charge in [0.1, 0.15) is 12.4 Å². The van der Waals surface area contributed by atoms with Crippen molar-refractivity contribution in [3.63, 3.8) is 0 Å². The van der Waals surface area contributed by atoms with E-state index in [4.69, 9.17) is 9.57 Å². The van der Waals surface area contributed by atoms with Crippen LogP contribution < -0.4 is 4.74 Å². The van der Waals surface area contributed by atoms with Gasteiger partial charge in [0.2, 0.25) is 0 Å². The van der Waals surface area contributed by atoms with Crippen molar-refractivity contribution in [1.29, 1.82) is 0 Å². The number of ether oxygens (including phenoxy) is 1. The zero-order valence-electron chi connectivity index (χ0n) is 14.3. The number of hydrogen-bond acceptors (Lipinski definition) is 3. The number of rotatable bonds is 6. The van der Waals surface area contributed by atoms with Gasteiger partial charge in [-0.1, -0.05) is 66.9 Å². The van der Waals surface area contributed by atoms with Crippen LogP contribution in [-0.2, 0) is 11.4 Å². The van der Waals surface area contributed by atoms with E-state index in [2.05, 4.69) is 29.4 Å². The number of para-hydroxylation sites is 1. The molecule has 0 spiro atoms. The van der Waals surface area contributed by atoms with E-state index in [-0.39, 0.29) is 0 Å². The Morgan fingerprint density at radius 1 is 1.00 bits per heavy atom. The van der Waals surface area contributed by atoms with E-state index in [0.717, 1.165) is 22.8 Å². The first-order chi connectivity index (χ1) is 11.9. The monoisotopic (exact) mass is 323 g/mol. The van der Waals surface area contributed by atoms with Crippen LogP contribution in [0.3, 0.4) is 0 Å². The Balaban J connectivity index is 1.53. The SMILES string of the molecule is COc1ccccc1CON=Cc1ccc(C2CCCCC2)cc1. The Labute approximate surface area is 144 Å². The zero-order chi connectivity index (χ0) is 16.6. The lowest BCUT2D eigenvalue weighted by Crippen LogP contribution is -2.04. The predicted molar refractivity (Wildman–Crippen MR) is 97.6 cm³/mol. The molecule has 1 aliphatic rings. The quantitative estimate of drug-likeness (QED) is 0.534. The molecule has 0 atom stereocenters. The first-order valence-electron chi connectivity index (χ1n) is 8.74. The molecule has 0 unspecified atom stereocenters. The van der Waals surface area contributed by atoms with Gasteiger partial charge in [0, 0.05) is 5.56 Å². The highest BCUT2D eigenvalue weighted by Crippen LogP contribution is 2.32. The second-order valence-corrected chi connectivity index (χ2v) is 6.32. The molecule has 0 aromatic heterocycles. The minimum atomic E-state index is 0.403. The molecule has 0 aliphatic heterocycles. The lowest BCUT2D eigenvalue weighted by atomic mass is 9.84. The molecule has 0 saturated heterocycles. The Bertz CT molecular complexity index is 658. The molecule has 3 rings (SSSR count). The fraction of sp³-hybridized carbons (Fsp3) is 0.381. The first-order valence-corrected chi connectivity index (χ1v) is 8.74. The average molecular weight is 323 g/mol. The van der Waals surface area contributed by atoms with Gasteiger partial charge in [-0.3, -0.25) is 0 Å².